The number of benzene rings is 2. The second-order valence-electron chi connectivity index (χ2n) is 6.15. The minimum atomic E-state index is -0.483. The molecule has 2 aromatic carbocycles. The molecule has 0 radical (unpaired) electrons. The molecule has 0 aliphatic heterocycles. The molecule has 4 rings (SSSR count). The molecule has 0 saturated carbocycles. The number of carbonyl (C=O) groups is 2. The molecule has 0 bridgehead atoms. The molecule has 0 unspecified atom stereocenters. The summed E-state index contributed by atoms with van der Waals surface area (Å²) < 4.78 is 6.25. The van der Waals surface area contributed by atoms with Crippen molar-refractivity contribution >= 4 is 44.6 Å². The van der Waals surface area contributed by atoms with Gasteiger partial charge < -0.3 is 10.1 Å². The number of carbonyl (C=O) groups excluding carboxylic acids is 2. The first-order chi connectivity index (χ1) is 13.7. The molecule has 1 atom stereocenters. The zero-order valence-corrected chi connectivity index (χ0v) is 16.5. The number of thiophene rings is 2. The first-order valence-electron chi connectivity index (χ1n) is 8.74. The molecular formula is C22H17NO3S2. The van der Waals surface area contributed by atoms with Crippen LogP contribution in [0.25, 0.3) is 10.1 Å². The standard InChI is InChI=1S/C22H17NO3S2/c24-20(14-26-22(25)19-13-16-9-4-5-10-17(16)28-19)23-21(18-11-6-12-27-18)15-7-2-1-3-8-15/h1-13,21H,14H2,(H,23,24)/t21-/m1/s1. The Bertz CT molecular complexity index is 1050. The van der Waals surface area contributed by atoms with Crippen molar-refractivity contribution in [2.45, 2.75) is 6.04 Å². The zero-order chi connectivity index (χ0) is 19.3. The molecular weight excluding hydrogens is 390 g/mol. The molecule has 6 heteroatoms. The van der Waals surface area contributed by atoms with E-state index < -0.39 is 5.97 Å². The van der Waals surface area contributed by atoms with Crippen molar-refractivity contribution in [2.24, 2.45) is 0 Å². The van der Waals surface area contributed by atoms with Gasteiger partial charge >= 0.3 is 5.97 Å². The number of amides is 1. The van der Waals surface area contributed by atoms with Crippen LogP contribution in [-0.2, 0) is 9.53 Å². The Kier molecular flexibility index (Phi) is 5.50. The molecule has 4 aromatic rings. The number of fused-ring (bicyclic) bond motifs is 1. The normalized spacial score (nSPS) is 11.9. The molecule has 28 heavy (non-hydrogen) atoms. The molecule has 140 valence electrons. The summed E-state index contributed by atoms with van der Waals surface area (Å²) in [6, 6.07) is 22.9. The molecule has 4 nitrogen and oxygen atoms in total. The van der Waals surface area contributed by atoms with Gasteiger partial charge in [-0.05, 0) is 34.5 Å². The highest BCUT2D eigenvalue weighted by molar-refractivity contribution is 7.20. The lowest BCUT2D eigenvalue weighted by Crippen LogP contribution is -2.32. The summed E-state index contributed by atoms with van der Waals surface area (Å²) in [4.78, 5) is 26.3. The number of rotatable bonds is 6. The number of nitrogens with one attached hydrogen (secondary N) is 1. The van der Waals surface area contributed by atoms with Crippen molar-refractivity contribution in [3.63, 3.8) is 0 Å². The van der Waals surface area contributed by atoms with Gasteiger partial charge in [0.05, 0.1) is 6.04 Å². The van der Waals surface area contributed by atoms with Gasteiger partial charge in [0.1, 0.15) is 4.88 Å². The third kappa shape index (κ3) is 4.13. The molecule has 0 saturated heterocycles. The highest BCUT2D eigenvalue weighted by Gasteiger charge is 2.19. The quantitative estimate of drug-likeness (QED) is 0.456. The van der Waals surface area contributed by atoms with Crippen LogP contribution in [0.4, 0.5) is 0 Å². The van der Waals surface area contributed by atoms with Gasteiger partial charge in [0.25, 0.3) is 5.91 Å². The average Bonchev–Trinajstić information content (AvgIpc) is 3.40. The van der Waals surface area contributed by atoms with E-state index in [0.29, 0.717) is 4.88 Å². The smallest absolute Gasteiger partial charge is 0.348 e. The monoisotopic (exact) mass is 407 g/mol. The maximum atomic E-state index is 12.4. The lowest BCUT2D eigenvalue weighted by atomic mass is 10.1. The van der Waals surface area contributed by atoms with E-state index in [2.05, 4.69) is 5.32 Å². The summed E-state index contributed by atoms with van der Waals surface area (Å²) in [6.07, 6.45) is 0. The van der Waals surface area contributed by atoms with Crippen LogP contribution < -0.4 is 5.32 Å². The van der Waals surface area contributed by atoms with Gasteiger partial charge in [0.15, 0.2) is 6.61 Å². The summed E-state index contributed by atoms with van der Waals surface area (Å²) in [7, 11) is 0. The summed E-state index contributed by atoms with van der Waals surface area (Å²) in [5, 5.41) is 5.93. The zero-order valence-electron chi connectivity index (χ0n) is 14.8. The van der Waals surface area contributed by atoms with Crippen molar-refractivity contribution in [1.29, 1.82) is 0 Å². The first kappa shape index (κ1) is 18.4. The SMILES string of the molecule is O=C(COC(=O)c1cc2ccccc2s1)N[C@H](c1ccccc1)c1cccs1. The van der Waals surface area contributed by atoms with E-state index in [9.17, 15) is 9.59 Å². The fourth-order valence-corrected chi connectivity index (χ4v) is 4.67. The van der Waals surface area contributed by atoms with Gasteiger partial charge in [-0.1, -0.05) is 54.6 Å². The number of hydrogen-bond acceptors (Lipinski definition) is 5. The molecule has 0 spiro atoms. The Balaban J connectivity index is 1.41. The number of ether oxygens (including phenoxy) is 1. The van der Waals surface area contributed by atoms with E-state index in [1.165, 1.54) is 11.3 Å². The highest BCUT2D eigenvalue weighted by atomic mass is 32.1. The van der Waals surface area contributed by atoms with Crippen LogP contribution >= 0.6 is 22.7 Å². The lowest BCUT2D eigenvalue weighted by molar-refractivity contribution is -0.124. The lowest BCUT2D eigenvalue weighted by Gasteiger charge is -2.18. The Hall–Kier alpha value is -2.96. The minimum Gasteiger partial charge on any atom is -0.451 e. The fraction of sp³-hybridized carbons (Fsp3) is 0.0909. The van der Waals surface area contributed by atoms with Crippen LogP contribution in [-0.4, -0.2) is 18.5 Å². The van der Waals surface area contributed by atoms with Gasteiger partial charge in [0.2, 0.25) is 0 Å². The first-order valence-corrected chi connectivity index (χ1v) is 10.4. The second kappa shape index (κ2) is 8.37. The van der Waals surface area contributed by atoms with Crippen LogP contribution in [0.5, 0.6) is 0 Å². The van der Waals surface area contributed by atoms with Crippen LogP contribution in [0, 0.1) is 0 Å². The van der Waals surface area contributed by atoms with E-state index in [-0.39, 0.29) is 18.6 Å². The van der Waals surface area contributed by atoms with Gasteiger partial charge in [0, 0.05) is 9.58 Å². The molecule has 2 heterocycles. The summed E-state index contributed by atoms with van der Waals surface area (Å²) in [6.45, 7) is -0.318. The van der Waals surface area contributed by atoms with Gasteiger partial charge in [-0.25, -0.2) is 4.79 Å². The summed E-state index contributed by atoms with van der Waals surface area (Å²) in [5.74, 6) is -0.819. The van der Waals surface area contributed by atoms with Crippen LogP contribution in [0.2, 0.25) is 0 Å². The van der Waals surface area contributed by atoms with Crippen molar-refractivity contribution in [1.82, 2.24) is 5.32 Å². The molecule has 0 fully saturated rings. The van der Waals surface area contributed by atoms with E-state index in [4.69, 9.17) is 4.74 Å². The minimum absolute atomic E-state index is 0.267. The molecule has 2 aromatic heterocycles. The van der Waals surface area contributed by atoms with Crippen LogP contribution in [0.15, 0.2) is 78.2 Å². The number of hydrogen-bond donors (Lipinski definition) is 1. The predicted octanol–water partition coefficient (Wildman–Crippen LogP) is 5.03. The Morgan fingerprint density at radius 2 is 1.75 bits per heavy atom. The average molecular weight is 408 g/mol. The predicted molar refractivity (Wildman–Crippen MR) is 113 cm³/mol. The van der Waals surface area contributed by atoms with E-state index in [0.717, 1.165) is 20.5 Å². The summed E-state index contributed by atoms with van der Waals surface area (Å²) >= 11 is 2.93. The largest absolute Gasteiger partial charge is 0.451 e. The third-order valence-corrected chi connectivity index (χ3v) is 6.26. The van der Waals surface area contributed by atoms with E-state index >= 15 is 0 Å². The van der Waals surface area contributed by atoms with Gasteiger partial charge in [-0.3, -0.25) is 4.79 Å². The van der Waals surface area contributed by atoms with E-state index in [1.54, 1.807) is 17.4 Å². The topological polar surface area (TPSA) is 55.4 Å². The molecule has 1 N–H and O–H groups in total. The molecule has 1 amide bonds. The molecule has 0 aliphatic carbocycles. The van der Waals surface area contributed by atoms with Gasteiger partial charge in [-0.2, -0.15) is 0 Å². The van der Waals surface area contributed by atoms with Gasteiger partial charge in [-0.15, -0.1) is 22.7 Å². The summed E-state index contributed by atoms with van der Waals surface area (Å²) in [5.41, 5.74) is 0.981. The molecule has 0 aliphatic rings. The Labute approximate surface area is 170 Å². The van der Waals surface area contributed by atoms with Crippen LogP contribution in [0.3, 0.4) is 0 Å². The second-order valence-corrected chi connectivity index (χ2v) is 8.21. The Morgan fingerprint density at radius 3 is 2.50 bits per heavy atom. The highest BCUT2D eigenvalue weighted by Crippen LogP contribution is 2.27. The van der Waals surface area contributed by atoms with Crippen LogP contribution in [0.1, 0.15) is 26.2 Å². The fourth-order valence-electron chi connectivity index (χ4n) is 2.91. The Morgan fingerprint density at radius 1 is 0.964 bits per heavy atom. The van der Waals surface area contributed by atoms with Crippen molar-refractivity contribution in [3.8, 4) is 0 Å². The maximum Gasteiger partial charge on any atom is 0.348 e. The third-order valence-electron chi connectivity index (χ3n) is 4.23. The van der Waals surface area contributed by atoms with Crippen molar-refractivity contribution in [2.75, 3.05) is 6.61 Å². The van der Waals surface area contributed by atoms with E-state index in [1.807, 2.05) is 72.1 Å². The maximum absolute atomic E-state index is 12.4. The van der Waals surface area contributed by atoms with Crippen molar-refractivity contribution in [3.05, 3.63) is 93.5 Å². The van der Waals surface area contributed by atoms with Crippen molar-refractivity contribution < 1.29 is 14.3 Å². The number of esters is 1.